The number of halogens is 1. The Hall–Kier alpha value is -2.43. The minimum atomic E-state index is 0. The number of hydrogen-bond donors (Lipinski definition) is 1. The van der Waals surface area contributed by atoms with E-state index in [1.54, 1.807) is 19.4 Å². The highest BCUT2D eigenvalue weighted by molar-refractivity contribution is 14.0. The molecule has 0 unspecified atom stereocenters. The van der Waals surface area contributed by atoms with E-state index in [-0.39, 0.29) is 29.9 Å². The molecule has 0 saturated carbocycles. The third-order valence-corrected chi connectivity index (χ3v) is 5.73. The summed E-state index contributed by atoms with van der Waals surface area (Å²) in [4.78, 5) is 32.0. The summed E-state index contributed by atoms with van der Waals surface area (Å²) in [6, 6.07) is 10.4. The van der Waals surface area contributed by atoms with Crippen LogP contribution in [-0.2, 0) is 17.8 Å². The maximum atomic E-state index is 12.6. The summed E-state index contributed by atoms with van der Waals surface area (Å²) in [5.74, 6) is 1.78. The first-order valence-electron chi connectivity index (χ1n) is 10.6. The zero-order chi connectivity index (χ0) is 20.8. The van der Waals surface area contributed by atoms with Gasteiger partial charge in [-0.1, -0.05) is 24.3 Å². The Balaban J connectivity index is 0.00000272. The summed E-state index contributed by atoms with van der Waals surface area (Å²) in [5, 5.41) is 3.37. The molecule has 0 aliphatic carbocycles. The highest BCUT2D eigenvalue weighted by Crippen LogP contribution is 2.18. The van der Waals surface area contributed by atoms with Gasteiger partial charge in [0.15, 0.2) is 5.96 Å². The van der Waals surface area contributed by atoms with Crippen LogP contribution in [0.4, 0.5) is 5.95 Å². The van der Waals surface area contributed by atoms with Crippen LogP contribution in [0.5, 0.6) is 0 Å². The van der Waals surface area contributed by atoms with Crippen molar-refractivity contribution in [1.82, 2.24) is 25.1 Å². The number of guanidine groups is 1. The van der Waals surface area contributed by atoms with Crippen LogP contribution >= 0.6 is 24.0 Å². The summed E-state index contributed by atoms with van der Waals surface area (Å²) in [6.45, 7) is 5.31. The molecule has 31 heavy (non-hydrogen) atoms. The fourth-order valence-electron chi connectivity index (χ4n) is 4.06. The Labute approximate surface area is 200 Å². The maximum Gasteiger partial charge on any atom is 0.225 e. The van der Waals surface area contributed by atoms with Gasteiger partial charge < -0.3 is 20.0 Å². The molecular formula is C22H30IN7O. The Morgan fingerprint density at radius 2 is 1.71 bits per heavy atom. The van der Waals surface area contributed by atoms with Crippen molar-refractivity contribution >= 4 is 41.8 Å². The van der Waals surface area contributed by atoms with Crippen LogP contribution in [-0.4, -0.2) is 78.0 Å². The van der Waals surface area contributed by atoms with Crippen molar-refractivity contribution in [2.75, 3.05) is 51.2 Å². The van der Waals surface area contributed by atoms with Gasteiger partial charge in [0, 0.05) is 71.7 Å². The van der Waals surface area contributed by atoms with Crippen LogP contribution in [0.25, 0.3) is 0 Å². The smallest absolute Gasteiger partial charge is 0.225 e. The Morgan fingerprint density at radius 1 is 1.00 bits per heavy atom. The molecule has 166 valence electrons. The first-order chi connectivity index (χ1) is 14.7. The second-order valence-electron chi connectivity index (χ2n) is 7.58. The molecule has 1 aromatic heterocycles. The molecule has 9 heteroatoms. The molecule has 2 aliphatic rings. The van der Waals surface area contributed by atoms with Gasteiger partial charge in [-0.15, -0.1) is 24.0 Å². The highest BCUT2D eigenvalue weighted by atomic mass is 127. The van der Waals surface area contributed by atoms with Crippen LogP contribution < -0.4 is 10.2 Å². The maximum absolute atomic E-state index is 12.6. The van der Waals surface area contributed by atoms with Crippen molar-refractivity contribution in [3.63, 3.8) is 0 Å². The van der Waals surface area contributed by atoms with Crippen molar-refractivity contribution < 1.29 is 4.79 Å². The molecular weight excluding hydrogens is 505 g/mol. The number of hydrogen-bond acceptors (Lipinski definition) is 5. The molecule has 8 nitrogen and oxygen atoms in total. The molecule has 4 rings (SSSR count). The SMILES string of the molecule is CN=C(NCCC(=O)N1CCN(c2ncccn2)CC1)N1CCc2ccccc2C1.I. The van der Waals surface area contributed by atoms with Crippen molar-refractivity contribution in [3.8, 4) is 0 Å². The molecule has 1 amide bonds. The largest absolute Gasteiger partial charge is 0.356 e. The number of nitrogens with zero attached hydrogens (tertiary/aromatic N) is 6. The van der Waals surface area contributed by atoms with Gasteiger partial charge >= 0.3 is 0 Å². The number of carbonyl (C=O) groups is 1. The predicted molar refractivity (Wildman–Crippen MR) is 133 cm³/mol. The van der Waals surface area contributed by atoms with Gasteiger partial charge in [-0.05, 0) is 23.6 Å². The van der Waals surface area contributed by atoms with Crippen molar-refractivity contribution in [1.29, 1.82) is 0 Å². The van der Waals surface area contributed by atoms with Crippen LogP contribution in [0, 0.1) is 0 Å². The number of fused-ring (bicyclic) bond motifs is 1. The molecule has 1 N–H and O–H groups in total. The van der Waals surface area contributed by atoms with Crippen molar-refractivity contribution in [2.45, 2.75) is 19.4 Å². The summed E-state index contributed by atoms with van der Waals surface area (Å²) < 4.78 is 0. The van der Waals surface area contributed by atoms with Crippen LogP contribution in [0.3, 0.4) is 0 Å². The monoisotopic (exact) mass is 535 g/mol. The minimum absolute atomic E-state index is 0. The molecule has 3 heterocycles. The Morgan fingerprint density at radius 3 is 2.42 bits per heavy atom. The van der Waals surface area contributed by atoms with E-state index in [9.17, 15) is 4.79 Å². The number of carbonyl (C=O) groups excluding carboxylic acids is 1. The number of piperazine rings is 1. The van der Waals surface area contributed by atoms with Gasteiger partial charge in [-0.3, -0.25) is 9.79 Å². The van der Waals surface area contributed by atoms with Gasteiger partial charge in [-0.2, -0.15) is 0 Å². The fourth-order valence-corrected chi connectivity index (χ4v) is 4.06. The van der Waals surface area contributed by atoms with E-state index in [2.05, 4.69) is 54.3 Å². The highest BCUT2D eigenvalue weighted by Gasteiger charge is 2.23. The van der Waals surface area contributed by atoms with Gasteiger partial charge in [0.1, 0.15) is 0 Å². The zero-order valence-corrected chi connectivity index (χ0v) is 20.2. The molecule has 1 saturated heterocycles. The number of rotatable bonds is 4. The second kappa shape index (κ2) is 11.3. The molecule has 0 radical (unpaired) electrons. The molecule has 0 atom stereocenters. The van der Waals surface area contributed by atoms with E-state index in [0.29, 0.717) is 26.1 Å². The number of anilines is 1. The van der Waals surface area contributed by atoms with E-state index >= 15 is 0 Å². The van der Waals surface area contributed by atoms with E-state index in [0.717, 1.165) is 44.5 Å². The summed E-state index contributed by atoms with van der Waals surface area (Å²) in [6.07, 6.45) is 4.98. The van der Waals surface area contributed by atoms with Crippen LogP contribution in [0.15, 0.2) is 47.7 Å². The van der Waals surface area contributed by atoms with Crippen LogP contribution in [0.1, 0.15) is 17.5 Å². The standard InChI is InChI=1S/C22H29N7O.HI/c1-23-21(29-12-8-18-5-2-3-6-19(18)17-29)26-11-7-20(30)27-13-15-28(16-14-27)22-24-9-4-10-25-22;/h2-6,9-10H,7-8,11-17H2,1H3,(H,23,26);1H. The lowest BCUT2D eigenvalue weighted by atomic mass is 10.0. The van der Waals surface area contributed by atoms with Crippen molar-refractivity contribution in [2.24, 2.45) is 4.99 Å². The van der Waals surface area contributed by atoms with E-state index in [1.807, 2.05) is 11.0 Å². The number of nitrogens with one attached hydrogen (secondary N) is 1. The summed E-state index contributed by atoms with van der Waals surface area (Å²) in [5.41, 5.74) is 2.77. The lowest BCUT2D eigenvalue weighted by Gasteiger charge is -2.35. The van der Waals surface area contributed by atoms with E-state index in [1.165, 1.54) is 11.1 Å². The predicted octanol–water partition coefficient (Wildman–Crippen LogP) is 1.77. The van der Waals surface area contributed by atoms with Gasteiger partial charge in [0.05, 0.1) is 0 Å². The Bertz CT molecular complexity index is 884. The van der Waals surface area contributed by atoms with Gasteiger partial charge in [-0.25, -0.2) is 9.97 Å². The third-order valence-electron chi connectivity index (χ3n) is 5.73. The van der Waals surface area contributed by atoms with E-state index in [4.69, 9.17) is 0 Å². The van der Waals surface area contributed by atoms with Gasteiger partial charge in [0.25, 0.3) is 0 Å². The number of aliphatic imine (C=N–C) groups is 1. The van der Waals surface area contributed by atoms with Gasteiger partial charge in [0.2, 0.25) is 11.9 Å². The molecule has 1 aromatic carbocycles. The van der Waals surface area contributed by atoms with E-state index < -0.39 is 0 Å². The average Bonchev–Trinajstić information content (AvgIpc) is 2.82. The average molecular weight is 535 g/mol. The number of benzene rings is 1. The molecule has 2 aliphatic heterocycles. The molecule has 0 bridgehead atoms. The molecule has 2 aromatic rings. The molecule has 0 spiro atoms. The minimum Gasteiger partial charge on any atom is -0.356 e. The second-order valence-corrected chi connectivity index (χ2v) is 7.58. The quantitative estimate of drug-likeness (QED) is 0.366. The van der Waals surface area contributed by atoms with Crippen LogP contribution in [0.2, 0.25) is 0 Å². The lowest BCUT2D eigenvalue weighted by Crippen LogP contribution is -2.50. The summed E-state index contributed by atoms with van der Waals surface area (Å²) in [7, 11) is 1.80. The summed E-state index contributed by atoms with van der Waals surface area (Å²) >= 11 is 0. The topological polar surface area (TPSA) is 77.0 Å². The Kier molecular flexibility index (Phi) is 8.44. The normalized spacial score (nSPS) is 16.4. The first kappa shape index (κ1) is 23.2. The number of amides is 1. The number of aromatic nitrogens is 2. The third kappa shape index (κ3) is 5.84. The lowest BCUT2D eigenvalue weighted by molar-refractivity contribution is -0.131. The zero-order valence-electron chi connectivity index (χ0n) is 17.9. The first-order valence-corrected chi connectivity index (χ1v) is 10.6. The fraction of sp³-hybridized carbons (Fsp3) is 0.455. The molecule has 1 fully saturated rings. The van der Waals surface area contributed by atoms with Crippen molar-refractivity contribution in [3.05, 3.63) is 53.9 Å².